The molecule has 0 saturated carbocycles. The zero-order chi connectivity index (χ0) is 32.5. The molecule has 0 saturated heterocycles. The van der Waals surface area contributed by atoms with Crippen LogP contribution in [0.25, 0.3) is 0 Å². The van der Waals surface area contributed by atoms with E-state index in [2.05, 4.69) is 10.3 Å². The van der Waals surface area contributed by atoms with Crippen LogP contribution in [0.3, 0.4) is 0 Å². The first kappa shape index (κ1) is 32.8. The summed E-state index contributed by atoms with van der Waals surface area (Å²) in [5, 5.41) is 14.1. The van der Waals surface area contributed by atoms with E-state index in [-0.39, 0.29) is 54.7 Å². The molecule has 13 heteroatoms. The Hall–Kier alpha value is -5.07. The summed E-state index contributed by atoms with van der Waals surface area (Å²) in [6.45, 7) is 6.57. The molecule has 0 fully saturated rings. The second-order valence-corrected chi connectivity index (χ2v) is 9.78. The van der Waals surface area contributed by atoms with E-state index >= 15 is 0 Å². The van der Waals surface area contributed by atoms with Gasteiger partial charge in [0.15, 0.2) is 23.0 Å². The lowest BCUT2D eigenvalue weighted by Crippen LogP contribution is -2.29. The minimum Gasteiger partial charge on any atom is -0.506 e. The fraction of sp³-hybridized carbons (Fsp3) is 0.406. The van der Waals surface area contributed by atoms with Crippen molar-refractivity contribution < 1.29 is 47.9 Å². The molecule has 1 aromatic heterocycles. The molecule has 0 bridgehead atoms. The lowest BCUT2D eigenvalue weighted by Gasteiger charge is -2.23. The number of H-pyrrole nitrogens is 1. The number of benzene rings is 2. The normalized spacial score (nSPS) is 12.3. The van der Waals surface area contributed by atoms with Gasteiger partial charge in [0, 0.05) is 30.6 Å². The second-order valence-electron chi connectivity index (χ2n) is 9.78. The van der Waals surface area contributed by atoms with Gasteiger partial charge >= 0.3 is 5.97 Å². The van der Waals surface area contributed by atoms with Gasteiger partial charge in [-0.05, 0) is 51.0 Å². The first-order valence-electron chi connectivity index (χ1n) is 14.6. The predicted molar refractivity (Wildman–Crippen MR) is 162 cm³/mol. The van der Waals surface area contributed by atoms with Gasteiger partial charge in [0.2, 0.25) is 24.2 Å². The van der Waals surface area contributed by atoms with Crippen LogP contribution < -0.4 is 39.3 Å². The molecule has 4 rings (SSSR count). The molecule has 0 aliphatic carbocycles. The molecule has 13 nitrogen and oxygen atoms in total. The van der Waals surface area contributed by atoms with Crippen LogP contribution in [0.15, 0.2) is 35.3 Å². The first-order chi connectivity index (χ1) is 21.8. The molecule has 2 aromatic carbocycles. The van der Waals surface area contributed by atoms with Gasteiger partial charge in [-0.25, -0.2) is 4.79 Å². The maximum Gasteiger partial charge on any atom is 0.343 e. The van der Waals surface area contributed by atoms with Crippen LogP contribution >= 0.6 is 0 Å². The maximum atomic E-state index is 13.5. The average Bonchev–Trinajstić information content (AvgIpc) is 3.51. The van der Waals surface area contributed by atoms with Crippen molar-refractivity contribution >= 4 is 11.9 Å². The lowest BCUT2D eigenvalue weighted by molar-refractivity contribution is -0.121. The Morgan fingerprint density at radius 3 is 2.40 bits per heavy atom. The van der Waals surface area contributed by atoms with Crippen LogP contribution in [0.5, 0.6) is 40.2 Å². The highest BCUT2D eigenvalue weighted by molar-refractivity contribution is 5.92. The summed E-state index contributed by atoms with van der Waals surface area (Å²) in [7, 11) is 2.83. The first-order valence-corrected chi connectivity index (χ1v) is 14.6. The number of nitrogens with one attached hydrogen (secondary N) is 2. The molecule has 0 unspecified atom stereocenters. The number of ether oxygens (including phenoxy) is 7. The summed E-state index contributed by atoms with van der Waals surface area (Å²) in [4.78, 5) is 41.8. The molecule has 1 aliphatic rings. The largest absolute Gasteiger partial charge is 0.506 e. The van der Waals surface area contributed by atoms with Crippen LogP contribution in [-0.4, -0.2) is 69.3 Å². The highest BCUT2D eigenvalue weighted by Crippen LogP contribution is 2.53. The minimum absolute atomic E-state index is 0.0478. The number of aromatic hydroxyl groups is 1. The third-order valence-corrected chi connectivity index (χ3v) is 7.07. The smallest absolute Gasteiger partial charge is 0.343 e. The second kappa shape index (κ2) is 15.1. The van der Waals surface area contributed by atoms with Crippen molar-refractivity contribution in [3.05, 3.63) is 63.1 Å². The van der Waals surface area contributed by atoms with Gasteiger partial charge in [0.05, 0.1) is 39.6 Å². The van der Waals surface area contributed by atoms with E-state index in [4.69, 9.17) is 33.2 Å². The minimum atomic E-state index is -1.11. The number of methoxy groups -OCH3 is 2. The van der Waals surface area contributed by atoms with Crippen molar-refractivity contribution in [2.24, 2.45) is 0 Å². The van der Waals surface area contributed by atoms with Crippen molar-refractivity contribution in [2.45, 2.75) is 39.5 Å². The Balaban J connectivity index is 1.68. The number of carbonyl (C=O) groups is 2. The third-order valence-electron chi connectivity index (χ3n) is 7.07. The summed E-state index contributed by atoms with van der Waals surface area (Å²) in [6.07, 6.45) is 1.24. The fourth-order valence-corrected chi connectivity index (χ4v) is 5.10. The summed E-state index contributed by atoms with van der Waals surface area (Å²) in [5.74, 6) is -0.801. The predicted octanol–water partition coefficient (Wildman–Crippen LogP) is 3.68. The van der Waals surface area contributed by atoms with Crippen molar-refractivity contribution in [3.8, 4) is 40.2 Å². The van der Waals surface area contributed by atoms with Gasteiger partial charge in [-0.2, -0.15) is 0 Å². The quantitative estimate of drug-likeness (QED) is 0.211. The highest BCUT2D eigenvalue weighted by atomic mass is 16.7. The molecule has 45 heavy (non-hydrogen) atoms. The number of pyridine rings is 1. The zero-order valence-electron chi connectivity index (χ0n) is 25.9. The van der Waals surface area contributed by atoms with E-state index < -0.39 is 29.1 Å². The van der Waals surface area contributed by atoms with Crippen molar-refractivity contribution in [3.63, 3.8) is 0 Å². The Morgan fingerprint density at radius 2 is 1.71 bits per heavy atom. The van der Waals surface area contributed by atoms with Crippen LogP contribution in [0.4, 0.5) is 0 Å². The van der Waals surface area contributed by atoms with Crippen molar-refractivity contribution in [1.82, 2.24) is 10.3 Å². The van der Waals surface area contributed by atoms with Crippen molar-refractivity contribution in [1.29, 1.82) is 0 Å². The number of aromatic nitrogens is 1. The van der Waals surface area contributed by atoms with E-state index in [9.17, 15) is 19.5 Å². The van der Waals surface area contributed by atoms with E-state index in [1.54, 1.807) is 13.0 Å². The summed E-state index contributed by atoms with van der Waals surface area (Å²) in [6, 6.07) is 7.14. The number of amides is 1. The number of fused-ring (bicyclic) bond motifs is 1. The SMILES string of the molecule is CCOC(=O)c1c[nH]c(=O)c([C@@H](CC(=O)NCCc2ccc(OCC)c(OCC)c2)c2cc(OC)c3c(c2OC)OCO3)c1O. The topological polar surface area (TPSA) is 164 Å². The molecule has 0 spiro atoms. The van der Waals surface area contributed by atoms with E-state index in [1.165, 1.54) is 14.2 Å². The van der Waals surface area contributed by atoms with Crippen LogP contribution in [-0.2, 0) is 16.0 Å². The lowest BCUT2D eigenvalue weighted by atomic mass is 9.86. The number of hydrogen-bond donors (Lipinski definition) is 3. The van der Waals surface area contributed by atoms with Crippen LogP contribution in [0, 0.1) is 0 Å². The van der Waals surface area contributed by atoms with Crippen LogP contribution in [0.1, 0.15) is 60.2 Å². The van der Waals surface area contributed by atoms with E-state index in [0.29, 0.717) is 42.4 Å². The van der Waals surface area contributed by atoms with Gasteiger partial charge in [0.1, 0.15) is 11.3 Å². The molecule has 242 valence electrons. The maximum absolute atomic E-state index is 13.5. The number of aromatic amines is 1. The van der Waals surface area contributed by atoms with Crippen molar-refractivity contribution in [2.75, 3.05) is 47.4 Å². The number of esters is 1. The molecule has 3 aromatic rings. The Kier molecular flexibility index (Phi) is 11.0. The summed E-state index contributed by atoms with van der Waals surface area (Å²) < 4.78 is 38.7. The molecule has 1 atom stereocenters. The Morgan fingerprint density at radius 1 is 0.978 bits per heavy atom. The fourth-order valence-electron chi connectivity index (χ4n) is 5.10. The number of rotatable bonds is 15. The van der Waals surface area contributed by atoms with E-state index in [0.717, 1.165) is 11.8 Å². The summed E-state index contributed by atoms with van der Waals surface area (Å²) >= 11 is 0. The molecular formula is C32H38N2O11. The monoisotopic (exact) mass is 626 g/mol. The zero-order valence-corrected chi connectivity index (χ0v) is 25.9. The number of hydrogen-bond acceptors (Lipinski definition) is 11. The molecule has 2 heterocycles. The summed E-state index contributed by atoms with van der Waals surface area (Å²) in [5.41, 5.74) is 0.00221. The van der Waals surface area contributed by atoms with E-state index in [1.807, 2.05) is 32.0 Å². The molecule has 1 aliphatic heterocycles. The van der Waals surface area contributed by atoms with Gasteiger partial charge in [-0.3, -0.25) is 9.59 Å². The molecular weight excluding hydrogens is 588 g/mol. The Bertz CT molecular complexity index is 1580. The van der Waals surface area contributed by atoms with Gasteiger partial charge in [-0.15, -0.1) is 0 Å². The third kappa shape index (κ3) is 7.19. The van der Waals surface area contributed by atoms with Crippen LogP contribution in [0.2, 0.25) is 0 Å². The standard InChI is InChI=1S/C32H38N2O11/c1-6-41-22-10-9-18(13-23(22)42-7-2)11-12-33-25(35)15-19(26-27(36)21(16-34-31(26)37)32(38)43-8-3)20-14-24(39-4)29-30(28(20)40-5)45-17-44-29/h9-10,13-14,16,19H,6-8,11-12,15,17H2,1-5H3,(H,33,35)(H2,34,36,37)/t19-/m0/s1. The molecule has 0 radical (unpaired) electrons. The van der Waals surface area contributed by atoms with Gasteiger partial charge in [0.25, 0.3) is 5.56 Å². The molecule has 1 amide bonds. The average molecular weight is 627 g/mol. The van der Waals surface area contributed by atoms with Gasteiger partial charge < -0.3 is 48.6 Å². The Labute approximate surface area is 260 Å². The highest BCUT2D eigenvalue weighted by Gasteiger charge is 2.35. The van der Waals surface area contributed by atoms with Gasteiger partial charge in [-0.1, -0.05) is 6.07 Å². The molecule has 3 N–H and O–H groups in total. The number of carbonyl (C=O) groups excluding carboxylic acids is 2.